The second-order valence-corrected chi connectivity index (χ2v) is 7.61. The first kappa shape index (κ1) is 19.4. The number of benzene rings is 1. The van der Waals surface area contributed by atoms with Gasteiger partial charge in [0.1, 0.15) is 9.71 Å². The predicted octanol–water partition coefficient (Wildman–Crippen LogP) is 4.12. The summed E-state index contributed by atoms with van der Waals surface area (Å²) in [6.45, 7) is 5.96. The largest absolute Gasteiger partial charge is 0.448 e. The summed E-state index contributed by atoms with van der Waals surface area (Å²) in [5.74, 6) is -0.819. The van der Waals surface area contributed by atoms with Crippen molar-refractivity contribution in [3.63, 3.8) is 0 Å². The molecule has 1 atom stereocenters. The number of aromatic nitrogens is 2. The highest BCUT2D eigenvalue weighted by Crippen LogP contribution is 2.31. The van der Waals surface area contributed by atoms with Gasteiger partial charge in [0.2, 0.25) is 0 Å². The molecule has 0 spiro atoms. The molecule has 3 aromatic rings. The van der Waals surface area contributed by atoms with Crippen LogP contribution in [0.4, 0.5) is 0 Å². The predicted molar refractivity (Wildman–Crippen MR) is 107 cm³/mol. The zero-order chi connectivity index (χ0) is 19.6. The van der Waals surface area contributed by atoms with E-state index in [1.807, 2.05) is 32.0 Å². The SMILES string of the molecule is CCCNC(=O)[C@@H](C)OC(=O)c1cc2c(C)nn(-c3cccc(Cl)c3)c2s1. The molecular weight excluding hydrogens is 386 g/mol. The number of esters is 1. The molecule has 0 saturated heterocycles. The third-order valence-corrected chi connectivity index (χ3v) is 5.33. The highest BCUT2D eigenvalue weighted by atomic mass is 35.5. The summed E-state index contributed by atoms with van der Waals surface area (Å²) in [7, 11) is 0. The van der Waals surface area contributed by atoms with Gasteiger partial charge in [-0.15, -0.1) is 11.3 Å². The smallest absolute Gasteiger partial charge is 0.349 e. The maximum Gasteiger partial charge on any atom is 0.349 e. The molecule has 0 aliphatic carbocycles. The van der Waals surface area contributed by atoms with Crippen LogP contribution in [0.15, 0.2) is 30.3 Å². The van der Waals surface area contributed by atoms with E-state index in [1.165, 1.54) is 11.3 Å². The maximum absolute atomic E-state index is 12.5. The summed E-state index contributed by atoms with van der Waals surface area (Å²) in [6.07, 6.45) is -0.0260. The number of aryl methyl sites for hydroxylation is 1. The van der Waals surface area contributed by atoms with Crippen LogP contribution in [-0.2, 0) is 9.53 Å². The second kappa shape index (κ2) is 8.10. The summed E-state index contributed by atoms with van der Waals surface area (Å²) in [5.41, 5.74) is 1.61. The number of hydrogen-bond acceptors (Lipinski definition) is 5. The van der Waals surface area contributed by atoms with E-state index in [2.05, 4.69) is 10.4 Å². The average Bonchev–Trinajstić information content (AvgIpc) is 3.20. The van der Waals surface area contributed by atoms with Crippen LogP contribution < -0.4 is 5.32 Å². The minimum atomic E-state index is -0.847. The van der Waals surface area contributed by atoms with Gasteiger partial charge < -0.3 is 10.1 Å². The topological polar surface area (TPSA) is 73.2 Å². The molecule has 3 rings (SSSR count). The van der Waals surface area contributed by atoms with Gasteiger partial charge in [-0.05, 0) is 44.5 Å². The molecule has 0 aliphatic rings. The standard InChI is InChI=1S/C19H20ClN3O3S/c1-4-8-21-17(24)12(3)26-19(25)16-10-15-11(2)22-23(18(15)27-16)14-7-5-6-13(20)9-14/h5-7,9-10,12H,4,8H2,1-3H3,(H,21,24)/t12-/m1/s1. The Kier molecular flexibility index (Phi) is 5.82. The van der Waals surface area contributed by atoms with Crippen molar-refractivity contribution < 1.29 is 14.3 Å². The molecule has 0 unspecified atom stereocenters. The summed E-state index contributed by atoms with van der Waals surface area (Å²) < 4.78 is 7.07. The number of hydrogen-bond donors (Lipinski definition) is 1. The van der Waals surface area contributed by atoms with Crippen molar-refractivity contribution >= 4 is 45.0 Å². The lowest BCUT2D eigenvalue weighted by atomic mass is 10.3. The van der Waals surface area contributed by atoms with Crippen LogP contribution in [0.2, 0.25) is 5.02 Å². The van der Waals surface area contributed by atoms with Gasteiger partial charge in [0.05, 0.1) is 11.4 Å². The minimum absolute atomic E-state index is 0.299. The number of carbonyl (C=O) groups is 2. The van der Waals surface area contributed by atoms with Crippen LogP contribution in [0.5, 0.6) is 0 Å². The van der Waals surface area contributed by atoms with Crippen molar-refractivity contribution in [1.82, 2.24) is 15.1 Å². The molecular formula is C19H20ClN3O3S. The Bertz CT molecular complexity index is 995. The van der Waals surface area contributed by atoms with E-state index in [0.29, 0.717) is 16.4 Å². The van der Waals surface area contributed by atoms with Crippen molar-refractivity contribution in [2.24, 2.45) is 0 Å². The second-order valence-electron chi connectivity index (χ2n) is 6.15. The summed E-state index contributed by atoms with van der Waals surface area (Å²) >= 11 is 7.36. The molecule has 8 heteroatoms. The number of rotatable bonds is 6. The zero-order valence-electron chi connectivity index (χ0n) is 15.3. The fourth-order valence-corrected chi connectivity index (χ4v) is 3.85. The molecule has 6 nitrogen and oxygen atoms in total. The first-order chi connectivity index (χ1) is 12.9. The van der Waals surface area contributed by atoms with Crippen LogP contribution >= 0.6 is 22.9 Å². The lowest BCUT2D eigenvalue weighted by Gasteiger charge is -2.12. The maximum atomic E-state index is 12.5. The third kappa shape index (κ3) is 4.14. The number of fused-ring (bicyclic) bond motifs is 1. The molecule has 27 heavy (non-hydrogen) atoms. The fraction of sp³-hybridized carbons (Fsp3) is 0.316. The zero-order valence-corrected chi connectivity index (χ0v) is 16.9. The summed E-state index contributed by atoms with van der Waals surface area (Å²) in [5, 5.41) is 8.73. The first-order valence-electron chi connectivity index (χ1n) is 8.64. The van der Waals surface area contributed by atoms with Gasteiger partial charge in [0.25, 0.3) is 5.91 Å². The molecule has 1 N–H and O–H groups in total. The number of amides is 1. The van der Waals surface area contributed by atoms with Gasteiger partial charge >= 0.3 is 5.97 Å². The van der Waals surface area contributed by atoms with E-state index >= 15 is 0 Å². The molecule has 1 amide bonds. The number of halogens is 1. The van der Waals surface area contributed by atoms with Crippen molar-refractivity contribution in [2.75, 3.05) is 6.54 Å². The highest BCUT2D eigenvalue weighted by Gasteiger charge is 2.22. The fourth-order valence-electron chi connectivity index (χ4n) is 2.59. The number of nitrogens with one attached hydrogen (secondary N) is 1. The third-order valence-electron chi connectivity index (χ3n) is 4.00. The van der Waals surface area contributed by atoms with Crippen LogP contribution in [0.1, 0.15) is 35.6 Å². The normalized spacial score (nSPS) is 12.1. The Balaban J connectivity index is 1.85. The van der Waals surface area contributed by atoms with Gasteiger partial charge in [-0.25, -0.2) is 9.48 Å². The molecule has 0 bridgehead atoms. The average molecular weight is 406 g/mol. The first-order valence-corrected chi connectivity index (χ1v) is 9.84. The molecule has 142 valence electrons. The van der Waals surface area contributed by atoms with E-state index in [1.54, 1.807) is 23.7 Å². The summed E-state index contributed by atoms with van der Waals surface area (Å²) in [4.78, 5) is 25.6. The van der Waals surface area contributed by atoms with E-state index in [4.69, 9.17) is 16.3 Å². The molecule has 0 fully saturated rings. The van der Waals surface area contributed by atoms with Gasteiger partial charge in [0, 0.05) is 17.0 Å². The Labute approximate surface area is 166 Å². The van der Waals surface area contributed by atoms with Gasteiger partial charge in [-0.3, -0.25) is 4.79 Å². The van der Waals surface area contributed by atoms with E-state index in [-0.39, 0.29) is 5.91 Å². The van der Waals surface area contributed by atoms with Crippen molar-refractivity contribution in [3.05, 3.63) is 45.9 Å². The Morgan fingerprint density at radius 1 is 1.37 bits per heavy atom. The van der Waals surface area contributed by atoms with Crippen LogP contribution in [0, 0.1) is 6.92 Å². The highest BCUT2D eigenvalue weighted by molar-refractivity contribution is 7.20. The Morgan fingerprint density at radius 3 is 2.85 bits per heavy atom. The molecule has 2 aromatic heterocycles. The van der Waals surface area contributed by atoms with E-state index < -0.39 is 12.1 Å². The number of carbonyl (C=O) groups excluding carboxylic acids is 2. The van der Waals surface area contributed by atoms with E-state index in [9.17, 15) is 9.59 Å². The quantitative estimate of drug-likeness (QED) is 0.626. The molecule has 0 aliphatic heterocycles. The minimum Gasteiger partial charge on any atom is -0.448 e. The van der Waals surface area contributed by atoms with Crippen molar-refractivity contribution in [3.8, 4) is 5.69 Å². The van der Waals surface area contributed by atoms with Gasteiger partial charge in [-0.1, -0.05) is 24.6 Å². The van der Waals surface area contributed by atoms with Crippen LogP contribution in [0.3, 0.4) is 0 Å². The monoisotopic (exact) mass is 405 g/mol. The molecule has 2 heterocycles. The van der Waals surface area contributed by atoms with Crippen molar-refractivity contribution in [2.45, 2.75) is 33.3 Å². The Morgan fingerprint density at radius 2 is 2.15 bits per heavy atom. The van der Waals surface area contributed by atoms with Crippen molar-refractivity contribution in [1.29, 1.82) is 0 Å². The number of ether oxygens (including phenoxy) is 1. The lowest BCUT2D eigenvalue weighted by molar-refractivity contribution is -0.129. The molecule has 0 saturated carbocycles. The molecule has 0 radical (unpaired) electrons. The van der Waals surface area contributed by atoms with E-state index in [0.717, 1.165) is 28.0 Å². The Hall–Kier alpha value is -2.38. The number of thiophene rings is 1. The summed E-state index contributed by atoms with van der Waals surface area (Å²) in [6, 6.07) is 9.10. The molecule has 1 aromatic carbocycles. The van der Waals surface area contributed by atoms with Gasteiger partial charge in [0.15, 0.2) is 6.10 Å². The lowest BCUT2D eigenvalue weighted by Crippen LogP contribution is -2.36. The van der Waals surface area contributed by atoms with Crippen LogP contribution in [-0.4, -0.2) is 34.3 Å². The number of nitrogens with zero attached hydrogens (tertiary/aromatic N) is 2. The van der Waals surface area contributed by atoms with Crippen LogP contribution in [0.25, 0.3) is 15.9 Å². The van der Waals surface area contributed by atoms with Gasteiger partial charge in [-0.2, -0.15) is 5.10 Å².